The number of imidazole rings is 2. The molecule has 0 saturated carbocycles. The van der Waals surface area contributed by atoms with Gasteiger partial charge in [-0.2, -0.15) is 0 Å². The van der Waals surface area contributed by atoms with Crippen molar-refractivity contribution < 1.29 is 0 Å². The highest BCUT2D eigenvalue weighted by Crippen LogP contribution is 2.52. The van der Waals surface area contributed by atoms with Gasteiger partial charge in [-0.1, -0.05) is 275 Å². The molecule has 4 N–H and O–H groups in total. The van der Waals surface area contributed by atoms with Gasteiger partial charge in [0.15, 0.2) is 0 Å². The lowest BCUT2D eigenvalue weighted by molar-refractivity contribution is 0.568. The van der Waals surface area contributed by atoms with E-state index < -0.39 is 0 Å². The number of aromatic amines is 4. The van der Waals surface area contributed by atoms with Gasteiger partial charge in [0, 0.05) is 66.6 Å². The van der Waals surface area contributed by atoms with E-state index in [2.05, 4.69) is 319 Å². The lowest BCUT2D eigenvalue weighted by Gasteiger charge is -2.26. The quantitative estimate of drug-likeness (QED) is 0.124. The fourth-order valence-electron chi connectivity index (χ4n) is 13.9. The summed E-state index contributed by atoms with van der Waals surface area (Å²) in [6.07, 6.45) is 12.1. The van der Waals surface area contributed by atoms with E-state index >= 15 is 0 Å². The van der Waals surface area contributed by atoms with E-state index in [9.17, 15) is 0 Å². The molecule has 7 heterocycles. The van der Waals surface area contributed by atoms with Gasteiger partial charge in [-0.15, -0.1) is 12.8 Å². The molecule has 102 heavy (non-hydrogen) atoms. The van der Waals surface area contributed by atoms with E-state index in [0.717, 1.165) is 134 Å². The molecule has 8 bridgehead atoms. The predicted molar refractivity (Wildman–Crippen MR) is 432 cm³/mol. The summed E-state index contributed by atoms with van der Waals surface area (Å²) in [4.78, 5) is 40.5. The minimum atomic E-state index is -0.226. The molecule has 0 unspecified atom stereocenters. The molecule has 8 nitrogen and oxygen atoms in total. The number of aromatic nitrogens is 8. The van der Waals surface area contributed by atoms with Crippen LogP contribution in [-0.2, 0) is 43.3 Å². The Hall–Kier alpha value is -10.0. The summed E-state index contributed by atoms with van der Waals surface area (Å²) in [5.41, 5.74) is 28.6. The van der Waals surface area contributed by atoms with Crippen LogP contribution < -0.4 is 0 Å². The molecular weight excluding hydrogens is 1240 g/mol. The Morgan fingerprint density at radius 2 is 0.451 bits per heavy atom. The average Bonchev–Trinajstić information content (AvgIpc) is 1.55. The fraction of sp³-hybridized carbons (Fsp3) is 0.340. The maximum atomic E-state index is 6.21. The number of benzene rings is 6. The first kappa shape index (κ1) is 70.4. The average molecular weight is 1340 g/mol. The van der Waals surface area contributed by atoms with Crippen LogP contribution in [0.25, 0.3) is 135 Å². The lowest BCUT2D eigenvalue weighted by atomic mass is 9.78. The Kier molecular flexibility index (Phi) is 16.8. The van der Waals surface area contributed by atoms with Gasteiger partial charge in [0.05, 0.1) is 22.8 Å². The fourth-order valence-corrected chi connectivity index (χ4v) is 13.9. The van der Waals surface area contributed by atoms with E-state index in [1.165, 1.54) is 44.5 Å². The van der Waals surface area contributed by atoms with E-state index in [4.69, 9.17) is 32.8 Å². The summed E-state index contributed by atoms with van der Waals surface area (Å²) in [5.74, 6) is 7.10. The van der Waals surface area contributed by atoms with Gasteiger partial charge in [-0.25, -0.2) is 19.9 Å². The van der Waals surface area contributed by atoms with E-state index in [-0.39, 0.29) is 43.3 Å². The summed E-state index contributed by atoms with van der Waals surface area (Å²) in [5, 5.41) is 0. The molecule has 2 aliphatic heterocycles. The van der Waals surface area contributed by atoms with Crippen molar-refractivity contribution >= 4 is 22.1 Å². The minimum Gasteiger partial charge on any atom is -0.354 e. The summed E-state index contributed by atoms with van der Waals surface area (Å²) in [7, 11) is 0. The molecule has 0 aliphatic carbocycles. The summed E-state index contributed by atoms with van der Waals surface area (Å²) < 4.78 is 0. The highest BCUT2D eigenvalue weighted by atomic mass is 15.0. The molecule has 0 saturated heterocycles. The first-order chi connectivity index (χ1) is 47.4. The Morgan fingerprint density at radius 1 is 0.235 bits per heavy atom. The van der Waals surface area contributed by atoms with Crippen LogP contribution in [0.4, 0.5) is 0 Å². The number of H-pyrrole nitrogens is 4. The Bertz CT molecular complexity index is 4710. The van der Waals surface area contributed by atoms with Crippen molar-refractivity contribution in [2.45, 2.75) is 209 Å². The first-order valence-corrected chi connectivity index (χ1v) is 36.3. The van der Waals surface area contributed by atoms with Crippen LogP contribution in [0.2, 0.25) is 0 Å². The van der Waals surface area contributed by atoms with Crippen molar-refractivity contribution in [2.75, 3.05) is 0 Å². The van der Waals surface area contributed by atoms with Crippen molar-refractivity contribution in [2.24, 2.45) is 0 Å². The van der Waals surface area contributed by atoms with E-state index in [0.29, 0.717) is 11.6 Å². The van der Waals surface area contributed by atoms with Crippen LogP contribution in [-0.4, -0.2) is 39.9 Å². The number of hydrogen-bond acceptors (Lipinski definition) is 4. The van der Waals surface area contributed by atoms with Crippen molar-refractivity contribution in [1.29, 1.82) is 0 Å². The minimum absolute atomic E-state index is 0.225. The van der Waals surface area contributed by atoms with Crippen molar-refractivity contribution in [1.82, 2.24) is 39.9 Å². The Morgan fingerprint density at radius 3 is 0.657 bits per heavy atom. The topological polar surface area (TPSA) is 115 Å². The molecule has 13 rings (SSSR count). The molecule has 5 aromatic heterocycles. The highest BCUT2D eigenvalue weighted by Gasteiger charge is 2.36. The van der Waals surface area contributed by atoms with Crippen LogP contribution in [0.15, 0.2) is 146 Å². The van der Waals surface area contributed by atoms with Crippen molar-refractivity contribution in [3.05, 3.63) is 201 Å². The molecule has 0 amide bonds. The number of fused-ring (bicyclic) bond motifs is 14. The normalized spacial score (nSPS) is 13.1. The second kappa shape index (κ2) is 24.3. The second-order valence-electron chi connectivity index (χ2n) is 36.9. The van der Waals surface area contributed by atoms with Crippen molar-refractivity contribution in [3.63, 3.8) is 0 Å². The number of nitrogens with zero attached hydrogens (tertiary/aromatic N) is 4. The monoisotopic (exact) mass is 1340 g/mol. The van der Waals surface area contributed by atoms with Gasteiger partial charge < -0.3 is 19.9 Å². The van der Waals surface area contributed by atoms with Gasteiger partial charge in [0.25, 0.3) is 0 Å². The third-order valence-corrected chi connectivity index (χ3v) is 20.6. The van der Waals surface area contributed by atoms with Crippen molar-refractivity contribution in [3.8, 4) is 138 Å². The van der Waals surface area contributed by atoms with Crippen LogP contribution in [0.5, 0.6) is 0 Å². The molecule has 8 heteroatoms. The molecule has 518 valence electrons. The smallest absolute Gasteiger partial charge is 0.138 e. The van der Waals surface area contributed by atoms with Gasteiger partial charge >= 0.3 is 0 Å². The molecule has 0 radical (unpaired) electrons. The number of nitrogens with one attached hydrogen (secondary N) is 4. The van der Waals surface area contributed by atoms with Crippen LogP contribution in [0.1, 0.15) is 222 Å². The zero-order chi connectivity index (χ0) is 73.7. The molecule has 0 fully saturated rings. The van der Waals surface area contributed by atoms with Crippen LogP contribution >= 0.6 is 0 Å². The second-order valence-corrected chi connectivity index (χ2v) is 36.9. The van der Waals surface area contributed by atoms with E-state index in [1.54, 1.807) is 0 Å². The maximum Gasteiger partial charge on any atom is 0.138 e. The number of hydrogen-bond donors (Lipinski definition) is 4. The van der Waals surface area contributed by atoms with Gasteiger partial charge in [0.1, 0.15) is 34.4 Å². The first-order valence-electron chi connectivity index (χ1n) is 36.3. The molecule has 11 aromatic rings. The molecule has 0 atom stereocenters. The Balaban J connectivity index is 1.35. The number of rotatable bonds is 6. The lowest BCUT2D eigenvalue weighted by Crippen LogP contribution is -2.16. The zero-order valence-electron chi connectivity index (χ0n) is 64.8. The molecule has 2 aliphatic rings. The van der Waals surface area contributed by atoms with Gasteiger partial charge in [-0.05, 0) is 159 Å². The molecule has 0 spiro atoms. The van der Waals surface area contributed by atoms with E-state index in [1.807, 2.05) is 24.3 Å². The number of terminal acetylenes is 2. The largest absolute Gasteiger partial charge is 0.354 e. The van der Waals surface area contributed by atoms with Gasteiger partial charge in [-0.3, -0.25) is 0 Å². The standard InChI is InChI=1S/C94H102N8/c1-27-53-29-33-55(34-30-53)85-99-81-77-73(57-41-61(87(3,4)5)49-62(42-57)88(6,7)8)69-37-39-71(95-69)75(59-45-65(91(15,16)17)51-66(46-59)92(18,19)20)79-83-84(102-86(101-83)56-35-31-54(28-2)32-36-56)80(98-79)76(60-47-67(93(21,22)23)52-68(48-60)94(24,25)26)72-40-38-70(96-72)74(78(97-77)82(81)100-85)58-43-63(89(9,10)11)50-64(44-58)90(12,13)14/h1-2,29-52,95-96H,3-26H3,(H,99,100)(H,101,102). The SMILES string of the molecule is C#Cc1ccc(-c2nc3c([nH]2)-c2nc-3c(-c3cc(C(C)(C)C)cc(C(C)(C)C)c3)c3ccc([nH]3)c(-c3cc(C(C)(C)C)cc(C(C)(C)C)c3)c3nc(c(-c4cc(C(C)(C)C)cc(C(C)(C)C)c4)c4ccc([nH]4)c2-c2cc(C(C)(C)C)cc(C(C)(C)C)c2)-c2nc(-c4ccc(C#C)cc4)[nH]c2-3)cc1. The third kappa shape index (κ3) is 13.2. The summed E-state index contributed by atoms with van der Waals surface area (Å²) in [6, 6.07) is 54.0. The zero-order valence-corrected chi connectivity index (χ0v) is 64.8. The summed E-state index contributed by atoms with van der Waals surface area (Å²) in [6.45, 7) is 55.4. The maximum absolute atomic E-state index is 6.21. The van der Waals surface area contributed by atoms with Crippen LogP contribution in [0, 0.1) is 24.7 Å². The Labute approximate surface area is 606 Å². The molecular formula is C94H102N8. The van der Waals surface area contributed by atoms with Crippen LogP contribution in [0.3, 0.4) is 0 Å². The predicted octanol–water partition coefficient (Wildman–Crippen LogP) is 24.8. The molecule has 6 aromatic carbocycles. The summed E-state index contributed by atoms with van der Waals surface area (Å²) >= 11 is 0. The third-order valence-electron chi connectivity index (χ3n) is 20.6. The highest BCUT2D eigenvalue weighted by molar-refractivity contribution is 6.07. The van der Waals surface area contributed by atoms with Gasteiger partial charge in [0.2, 0.25) is 0 Å².